The van der Waals surface area contributed by atoms with E-state index in [-0.39, 0.29) is 29.3 Å². The van der Waals surface area contributed by atoms with Crippen LogP contribution in [0, 0.1) is 0 Å². The van der Waals surface area contributed by atoms with Gasteiger partial charge in [0.1, 0.15) is 10.8 Å². The van der Waals surface area contributed by atoms with Crippen LogP contribution >= 0.6 is 11.3 Å². The van der Waals surface area contributed by atoms with Gasteiger partial charge in [0.15, 0.2) is 0 Å². The Morgan fingerprint density at radius 2 is 2.04 bits per heavy atom. The van der Waals surface area contributed by atoms with Crippen molar-refractivity contribution in [2.45, 2.75) is 23.7 Å². The van der Waals surface area contributed by atoms with Crippen LogP contribution in [0.2, 0.25) is 0 Å². The third-order valence-corrected chi connectivity index (χ3v) is 7.51. The summed E-state index contributed by atoms with van der Waals surface area (Å²) in [6, 6.07) is 4.26. The zero-order valence-electron chi connectivity index (χ0n) is 15.3. The van der Waals surface area contributed by atoms with Gasteiger partial charge in [0.25, 0.3) is 5.91 Å². The highest BCUT2D eigenvalue weighted by molar-refractivity contribution is 7.89. The summed E-state index contributed by atoms with van der Waals surface area (Å²) in [7, 11) is -2.29. The maximum Gasteiger partial charge on any atom is 0.261 e. The van der Waals surface area contributed by atoms with E-state index in [1.807, 2.05) is 0 Å². The van der Waals surface area contributed by atoms with E-state index >= 15 is 0 Å². The van der Waals surface area contributed by atoms with Crippen molar-refractivity contribution in [1.82, 2.24) is 14.5 Å². The Bertz CT molecular complexity index is 981. The molecule has 2 aliphatic rings. The third kappa shape index (κ3) is 3.88. The Balaban J connectivity index is 1.59. The van der Waals surface area contributed by atoms with E-state index in [1.165, 1.54) is 41.0 Å². The maximum absolute atomic E-state index is 12.9. The molecule has 2 fully saturated rings. The molecule has 28 heavy (non-hydrogen) atoms. The molecular weight excluding hydrogens is 404 g/mol. The van der Waals surface area contributed by atoms with Gasteiger partial charge in [-0.05, 0) is 31.0 Å². The van der Waals surface area contributed by atoms with E-state index in [0.717, 1.165) is 17.8 Å². The molecule has 1 amide bonds. The highest BCUT2D eigenvalue weighted by atomic mass is 32.2. The molecule has 0 bridgehead atoms. The largest absolute Gasteiger partial charge is 0.496 e. The summed E-state index contributed by atoms with van der Waals surface area (Å²) >= 11 is 1.34. The molecule has 0 spiro atoms. The van der Waals surface area contributed by atoms with Crippen LogP contribution in [0.25, 0.3) is 0 Å². The van der Waals surface area contributed by atoms with Gasteiger partial charge < -0.3 is 9.47 Å². The molecule has 4 rings (SSSR count). The van der Waals surface area contributed by atoms with Crippen LogP contribution in [-0.2, 0) is 14.8 Å². The first-order valence-corrected chi connectivity index (χ1v) is 11.2. The van der Waals surface area contributed by atoms with Crippen molar-refractivity contribution < 1.29 is 22.7 Å². The van der Waals surface area contributed by atoms with E-state index in [0.29, 0.717) is 24.3 Å². The number of benzene rings is 1. The van der Waals surface area contributed by atoms with Crippen molar-refractivity contribution in [2.75, 3.05) is 38.7 Å². The van der Waals surface area contributed by atoms with Gasteiger partial charge in [-0.1, -0.05) is 11.3 Å². The molecule has 11 heteroatoms. The monoisotopic (exact) mass is 424 g/mol. The number of carbonyl (C=O) groups is 1. The molecule has 150 valence electrons. The van der Waals surface area contributed by atoms with E-state index in [4.69, 9.17) is 9.47 Å². The van der Waals surface area contributed by atoms with Gasteiger partial charge in [-0.25, -0.2) is 8.42 Å². The number of methoxy groups -OCH3 is 1. The van der Waals surface area contributed by atoms with Crippen molar-refractivity contribution in [1.29, 1.82) is 0 Å². The third-order valence-electron chi connectivity index (χ3n) is 4.61. The number of hydrogen-bond donors (Lipinski definition) is 1. The predicted molar refractivity (Wildman–Crippen MR) is 102 cm³/mol. The van der Waals surface area contributed by atoms with Crippen molar-refractivity contribution in [3.8, 4) is 5.75 Å². The number of nitrogens with zero attached hydrogens (tertiary/aromatic N) is 3. The van der Waals surface area contributed by atoms with E-state index < -0.39 is 15.9 Å². The normalized spacial score (nSPS) is 18.0. The lowest BCUT2D eigenvalue weighted by Crippen LogP contribution is -2.40. The number of carbonyl (C=O) groups excluding carboxylic acids is 1. The maximum atomic E-state index is 12.9. The number of rotatable bonds is 6. The number of anilines is 1. The molecule has 2 heterocycles. The molecule has 1 saturated heterocycles. The van der Waals surface area contributed by atoms with Crippen LogP contribution in [0.4, 0.5) is 5.13 Å². The second-order valence-corrected chi connectivity index (χ2v) is 9.50. The Kier molecular flexibility index (Phi) is 5.32. The first-order valence-electron chi connectivity index (χ1n) is 8.90. The number of morpholine rings is 1. The number of aromatic nitrogens is 2. The summed E-state index contributed by atoms with van der Waals surface area (Å²) in [6.07, 6.45) is 2.19. The average molecular weight is 425 g/mol. The van der Waals surface area contributed by atoms with E-state index in [2.05, 4.69) is 15.5 Å². The van der Waals surface area contributed by atoms with Crippen LogP contribution < -0.4 is 10.1 Å². The molecule has 1 saturated carbocycles. The van der Waals surface area contributed by atoms with Gasteiger partial charge in [-0.15, -0.1) is 10.2 Å². The van der Waals surface area contributed by atoms with Gasteiger partial charge in [-0.3, -0.25) is 10.1 Å². The standard InChI is InChI=1S/C17H20N4O5S2/c1-25-14-5-4-12(28(23,24)21-6-8-26-9-7-21)10-13(14)15(22)18-17-20-19-16(27-17)11-2-3-11/h4-5,10-11H,2-3,6-9H2,1H3,(H,18,20,22). The molecule has 1 aliphatic heterocycles. The second kappa shape index (κ2) is 7.74. The number of amides is 1. The molecule has 1 aliphatic carbocycles. The molecule has 9 nitrogen and oxygen atoms in total. The van der Waals surface area contributed by atoms with Gasteiger partial charge in [0, 0.05) is 19.0 Å². The first-order chi connectivity index (χ1) is 13.5. The highest BCUT2D eigenvalue weighted by Crippen LogP contribution is 2.42. The zero-order chi connectivity index (χ0) is 19.7. The number of sulfonamides is 1. The molecule has 1 aromatic heterocycles. The smallest absolute Gasteiger partial charge is 0.261 e. The van der Waals surface area contributed by atoms with Crippen molar-refractivity contribution >= 4 is 32.4 Å². The van der Waals surface area contributed by atoms with E-state index in [9.17, 15) is 13.2 Å². The summed E-state index contributed by atoms with van der Waals surface area (Å²) in [5, 5.41) is 12.1. The fourth-order valence-electron chi connectivity index (χ4n) is 2.91. The minimum absolute atomic E-state index is 0.0382. The molecule has 1 aromatic carbocycles. The number of nitrogens with one attached hydrogen (secondary N) is 1. The minimum atomic E-state index is -3.72. The van der Waals surface area contributed by atoms with E-state index in [1.54, 1.807) is 0 Å². The zero-order valence-corrected chi connectivity index (χ0v) is 16.9. The molecule has 0 atom stereocenters. The fourth-order valence-corrected chi connectivity index (χ4v) is 5.25. The van der Waals surface area contributed by atoms with Gasteiger partial charge in [0.05, 0.1) is 30.8 Å². The van der Waals surface area contributed by atoms with Crippen LogP contribution in [-0.4, -0.2) is 62.2 Å². The number of ether oxygens (including phenoxy) is 2. The first kappa shape index (κ1) is 19.2. The molecule has 0 radical (unpaired) electrons. The van der Waals surface area contributed by atoms with Crippen LogP contribution in [0.15, 0.2) is 23.1 Å². The Morgan fingerprint density at radius 1 is 1.29 bits per heavy atom. The van der Waals surface area contributed by atoms with Crippen molar-refractivity contribution in [2.24, 2.45) is 0 Å². The second-order valence-electron chi connectivity index (χ2n) is 6.55. The summed E-state index contributed by atoms with van der Waals surface area (Å²) < 4.78 is 37.6. The fraction of sp³-hybridized carbons (Fsp3) is 0.471. The van der Waals surface area contributed by atoms with Gasteiger partial charge in [-0.2, -0.15) is 4.31 Å². The van der Waals surface area contributed by atoms with Crippen LogP contribution in [0.5, 0.6) is 5.75 Å². The minimum Gasteiger partial charge on any atom is -0.496 e. The van der Waals surface area contributed by atoms with Crippen LogP contribution in [0.1, 0.15) is 34.1 Å². The number of hydrogen-bond acceptors (Lipinski definition) is 8. The topological polar surface area (TPSA) is 111 Å². The predicted octanol–water partition coefficient (Wildman–Crippen LogP) is 1.70. The summed E-state index contributed by atoms with van der Waals surface area (Å²) in [5.74, 6) is 0.236. The van der Waals surface area contributed by atoms with Crippen LogP contribution in [0.3, 0.4) is 0 Å². The quantitative estimate of drug-likeness (QED) is 0.751. The lowest BCUT2D eigenvalue weighted by molar-refractivity contribution is 0.0730. The molecule has 2 aromatic rings. The highest BCUT2D eigenvalue weighted by Gasteiger charge is 2.29. The van der Waals surface area contributed by atoms with Gasteiger partial charge in [0.2, 0.25) is 15.2 Å². The van der Waals surface area contributed by atoms with Gasteiger partial charge >= 0.3 is 0 Å². The Morgan fingerprint density at radius 3 is 2.71 bits per heavy atom. The Labute approximate surface area is 166 Å². The summed E-state index contributed by atoms with van der Waals surface area (Å²) in [6.45, 7) is 1.27. The summed E-state index contributed by atoms with van der Waals surface area (Å²) in [5.41, 5.74) is 0.125. The molecule has 1 N–H and O–H groups in total. The Hall–Kier alpha value is -2.08. The lowest BCUT2D eigenvalue weighted by atomic mass is 10.2. The molecular formula is C17H20N4O5S2. The van der Waals surface area contributed by atoms with Crippen molar-refractivity contribution in [3.63, 3.8) is 0 Å². The summed E-state index contributed by atoms with van der Waals surface area (Å²) in [4.78, 5) is 12.8. The van der Waals surface area contributed by atoms with Crippen molar-refractivity contribution in [3.05, 3.63) is 28.8 Å². The lowest BCUT2D eigenvalue weighted by Gasteiger charge is -2.26. The average Bonchev–Trinajstić information content (AvgIpc) is 3.47. The SMILES string of the molecule is COc1ccc(S(=O)(=O)N2CCOCC2)cc1C(=O)Nc1nnc(C2CC2)s1. The molecule has 0 unspecified atom stereocenters.